The van der Waals surface area contributed by atoms with Crippen LogP contribution in [0.2, 0.25) is 0 Å². The van der Waals surface area contributed by atoms with Gasteiger partial charge >= 0.3 is 6.36 Å². The first-order chi connectivity index (χ1) is 18.5. The Balaban J connectivity index is 1.31. The van der Waals surface area contributed by atoms with Gasteiger partial charge in [0, 0.05) is 18.7 Å². The first-order valence-corrected chi connectivity index (χ1v) is 13.6. The molecule has 2 aromatic heterocycles. The zero-order valence-corrected chi connectivity index (χ0v) is 21.8. The van der Waals surface area contributed by atoms with Gasteiger partial charge in [0.05, 0.1) is 17.8 Å². The number of nitrogens with zero attached hydrogens (tertiary/aromatic N) is 4. The number of benzene rings is 2. The summed E-state index contributed by atoms with van der Waals surface area (Å²) >= 11 is 1.12. The summed E-state index contributed by atoms with van der Waals surface area (Å²) in [4.78, 5) is 12.4. The molecule has 2 aromatic carbocycles. The van der Waals surface area contributed by atoms with Crippen LogP contribution in [0.15, 0.2) is 70.6 Å². The number of anilines is 1. The van der Waals surface area contributed by atoms with Gasteiger partial charge in [-0.3, -0.25) is 4.79 Å². The van der Waals surface area contributed by atoms with Crippen molar-refractivity contribution >= 4 is 39.0 Å². The van der Waals surface area contributed by atoms with Gasteiger partial charge in [0.2, 0.25) is 15.9 Å². The van der Waals surface area contributed by atoms with E-state index in [0.29, 0.717) is 27.9 Å². The molecule has 2 N–H and O–H groups in total. The molecule has 0 atom stereocenters. The summed E-state index contributed by atoms with van der Waals surface area (Å²) in [6.45, 7) is 0.0451. The molecule has 2 heterocycles. The first-order valence-electron chi connectivity index (χ1n) is 11.2. The lowest BCUT2D eigenvalue weighted by atomic mass is 10.3. The third kappa shape index (κ3) is 7.81. The summed E-state index contributed by atoms with van der Waals surface area (Å²) in [5, 5.41) is 15.6. The first kappa shape index (κ1) is 28.1. The smallest absolute Gasteiger partial charge is 0.497 e. The van der Waals surface area contributed by atoms with Crippen molar-refractivity contribution in [3.8, 4) is 11.5 Å². The number of carbonyl (C=O) groups is 1. The average molecular weight is 583 g/mol. The van der Waals surface area contributed by atoms with E-state index < -0.39 is 28.0 Å². The van der Waals surface area contributed by atoms with Crippen LogP contribution < -0.4 is 19.5 Å². The number of hydrogen-bond donors (Lipinski definition) is 2. The predicted octanol–water partition coefficient (Wildman–Crippen LogP) is 3.28. The van der Waals surface area contributed by atoms with Crippen molar-refractivity contribution in [1.82, 2.24) is 24.5 Å². The third-order valence-electron chi connectivity index (χ3n) is 5.04. The van der Waals surface area contributed by atoms with Gasteiger partial charge in [-0.1, -0.05) is 11.8 Å². The predicted molar refractivity (Wildman–Crippen MR) is 135 cm³/mol. The van der Waals surface area contributed by atoms with Crippen LogP contribution in [0.4, 0.5) is 18.9 Å². The molecule has 0 aliphatic rings. The Morgan fingerprint density at radius 3 is 2.36 bits per heavy atom. The number of methoxy groups -OCH3 is 1. The highest BCUT2D eigenvalue weighted by Gasteiger charge is 2.31. The summed E-state index contributed by atoms with van der Waals surface area (Å²) in [5.74, 6) is 0.123. The molecule has 0 bridgehead atoms. The lowest BCUT2D eigenvalue weighted by molar-refractivity contribution is -0.274. The minimum atomic E-state index is -4.80. The number of thioether (sulfide) groups is 1. The SMILES string of the molecule is COc1ccc(S(=O)(=O)NCCc2nnc3ccc(SCC(=O)Nc4ccc(OC(F)(F)F)cc4)nn23)cc1. The molecule has 1 amide bonds. The lowest BCUT2D eigenvalue weighted by Crippen LogP contribution is -2.26. The number of carbonyl (C=O) groups excluding carboxylic acids is 1. The van der Waals surface area contributed by atoms with E-state index in [0.717, 1.165) is 23.9 Å². The Morgan fingerprint density at radius 1 is 1.00 bits per heavy atom. The minimum Gasteiger partial charge on any atom is -0.497 e. The second-order valence-electron chi connectivity index (χ2n) is 7.79. The fourth-order valence-corrected chi connectivity index (χ4v) is 4.95. The fraction of sp³-hybridized carbons (Fsp3) is 0.217. The second kappa shape index (κ2) is 11.9. The number of amides is 1. The third-order valence-corrected chi connectivity index (χ3v) is 7.43. The standard InChI is InChI=1S/C23H21F3N6O5S2/c1-36-16-6-8-18(9-7-16)39(34,35)27-13-12-20-30-29-19-10-11-22(31-32(19)20)38-14-21(33)28-15-2-4-17(5-3-15)37-23(24,25)26/h2-11,27H,12-14H2,1H3,(H,28,33). The van der Waals surface area contributed by atoms with E-state index in [1.54, 1.807) is 24.3 Å². The highest BCUT2D eigenvalue weighted by atomic mass is 32.2. The molecule has 4 rings (SSSR count). The van der Waals surface area contributed by atoms with Crippen LogP contribution in [0.25, 0.3) is 5.65 Å². The number of rotatable bonds is 11. The van der Waals surface area contributed by atoms with Gasteiger partial charge < -0.3 is 14.8 Å². The molecule has 4 aromatic rings. The molecule has 39 heavy (non-hydrogen) atoms. The Labute approximate surface area is 224 Å². The monoisotopic (exact) mass is 582 g/mol. The van der Waals surface area contributed by atoms with Crippen molar-refractivity contribution in [3.63, 3.8) is 0 Å². The number of aromatic nitrogens is 4. The van der Waals surface area contributed by atoms with Gasteiger partial charge in [-0.25, -0.2) is 13.1 Å². The maximum atomic E-state index is 12.5. The summed E-state index contributed by atoms with van der Waals surface area (Å²) in [7, 11) is -2.26. The van der Waals surface area contributed by atoms with E-state index in [4.69, 9.17) is 4.74 Å². The van der Waals surface area contributed by atoms with Gasteiger partial charge in [0.25, 0.3) is 0 Å². The van der Waals surface area contributed by atoms with Crippen LogP contribution in [0.3, 0.4) is 0 Å². The van der Waals surface area contributed by atoms with E-state index in [2.05, 4.69) is 30.1 Å². The van der Waals surface area contributed by atoms with E-state index >= 15 is 0 Å². The Kier molecular flexibility index (Phi) is 8.57. The molecular formula is C23H21F3N6O5S2. The molecule has 0 unspecified atom stereocenters. The van der Waals surface area contributed by atoms with E-state index in [-0.39, 0.29) is 23.6 Å². The van der Waals surface area contributed by atoms with Crippen LogP contribution in [0.1, 0.15) is 5.82 Å². The summed E-state index contributed by atoms with van der Waals surface area (Å²) in [6, 6.07) is 14.1. The van der Waals surface area contributed by atoms with E-state index in [9.17, 15) is 26.4 Å². The van der Waals surface area contributed by atoms with Crippen molar-refractivity contribution in [1.29, 1.82) is 0 Å². The second-order valence-corrected chi connectivity index (χ2v) is 10.6. The number of sulfonamides is 1. The number of alkyl halides is 3. The lowest BCUT2D eigenvalue weighted by Gasteiger charge is -2.10. The molecule has 16 heteroatoms. The molecule has 206 valence electrons. The van der Waals surface area contributed by atoms with Crippen LogP contribution in [0, 0.1) is 0 Å². The summed E-state index contributed by atoms with van der Waals surface area (Å²) < 4.78 is 74.7. The minimum absolute atomic E-state index is 0.0293. The van der Waals surface area contributed by atoms with Gasteiger partial charge in [0.1, 0.15) is 16.5 Å². The zero-order valence-electron chi connectivity index (χ0n) is 20.2. The molecule has 0 saturated carbocycles. The van der Waals surface area contributed by atoms with Crippen molar-refractivity contribution < 1.29 is 35.9 Å². The van der Waals surface area contributed by atoms with Gasteiger partial charge in [0.15, 0.2) is 11.5 Å². The molecule has 0 saturated heterocycles. The topological polar surface area (TPSA) is 137 Å². The maximum Gasteiger partial charge on any atom is 0.573 e. The van der Waals surface area contributed by atoms with Crippen LogP contribution in [0.5, 0.6) is 11.5 Å². The number of nitrogens with one attached hydrogen (secondary N) is 2. The fourth-order valence-electron chi connectivity index (χ4n) is 3.26. The highest BCUT2D eigenvalue weighted by molar-refractivity contribution is 7.99. The highest BCUT2D eigenvalue weighted by Crippen LogP contribution is 2.24. The molecule has 0 spiro atoms. The Hall–Kier alpha value is -3.89. The zero-order chi connectivity index (χ0) is 28.0. The van der Waals surface area contributed by atoms with Crippen molar-refractivity contribution in [2.45, 2.75) is 22.7 Å². The molecular weight excluding hydrogens is 561 g/mol. The van der Waals surface area contributed by atoms with Crippen LogP contribution >= 0.6 is 11.8 Å². The summed E-state index contributed by atoms with van der Waals surface area (Å²) in [5.41, 5.74) is 0.745. The number of halogens is 3. The van der Waals surface area contributed by atoms with Gasteiger partial charge in [-0.2, -0.15) is 9.61 Å². The van der Waals surface area contributed by atoms with Crippen molar-refractivity contribution in [2.75, 3.05) is 24.7 Å². The van der Waals surface area contributed by atoms with Crippen molar-refractivity contribution in [3.05, 3.63) is 66.5 Å². The average Bonchev–Trinajstić information content (AvgIpc) is 3.30. The van der Waals surface area contributed by atoms with Gasteiger partial charge in [-0.15, -0.1) is 23.4 Å². The van der Waals surface area contributed by atoms with E-state index in [1.165, 1.54) is 35.9 Å². The Morgan fingerprint density at radius 2 is 1.69 bits per heavy atom. The normalized spacial score (nSPS) is 11.9. The number of fused-ring (bicyclic) bond motifs is 1. The largest absolute Gasteiger partial charge is 0.573 e. The number of ether oxygens (including phenoxy) is 2. The van der Waals surface area contributed by atoms with E-state index in [1.807, 2.05) is 0 Å². The maximum absolute atomic E-state index is 12.5. The molecule has 0 aliphatic heterocycles. The van der Waals surface area contributed by atoms with Crippen molar-refractivity contribution in [2.24, 2.45) is 0 Å². The quantitative estimate of drug-likeness (QED) is 0.255. The summed E-state index contributed by atoms with van der Waals surface area (Å²) in [6.07, 6.45) is -4.60. The molecule has 11 nitrogen and oxygen atoms in total. The molecule has 0 fully saturated rings. The molecule has 0 aliphatic carbocycles. The molecule has 0 radical (unpaired) electrons. The van der Waals surface area contributed by atoms with Crippen LogP contribution in [-0.2, 0) is 21.2 Å². The Bertz CT molecular complexity index is 1550. The van der Waals surface area contributed by atoms with Gasteiger partial charge in [-0.05, 0) is 60.7 Å². The van der Waals surface area contributed by atoms with Crippen LogP contribution in [-0.4, -0.2) is 59.9 Å². The number of hydrogen-bond acceptors (Lipinski definition) is 9.